The highest BCUT2D eigenvalue weighted by Crippen LogP contribution is 2.29. The van der Waals surface area contributed by atoms with Crippen molar-refractivity contribution < 1.29 is 13.2 Å². The predicted molar refractivity (Wildman–Crippen MR) is 69.7 cm³/mol. The third-order valence-corrected chi connectivity index (χ3v) is 6.03. The predicted octanol–water partition coefficient (Wildman–Crippen LogP) is 2.60. The van der Waals surface area contributed by atoms with Gasteiger partial charge in [-0.15, -0.1) is 0 Å². The van der Waals surface area contributed by atoms with Crippen LogP contribution in [0.15, 0.2) is 0 Å². The van der Waals surface area contributed by atoms with Crippen molar-refractivity contribution in [1.29, 1.82) is 0 Å². The maximum atomic E-state index is 12.1. The highest BCUT2D eigenvalue weighted by Gasteiger charge is 2.32. The Morgan fingerprint density at radius 1 is 1.35 bits per heavy atom. The van der Waals surface area contributed by atoms with Gasteiger partial charge in [0, 0.05) is 5.92 Å². The minimum Gasteiger partial charge on any atom is -0.298 e. The first-order valence-corrected chi connectivity index (χ1v) is 8.32. The van der Waals surface area contributed by atoms with Crippen molar-refractivity contribution >= 4 is 15.6 Å². The van der Waals surface area contributed by atoms with Gasteiger partial charge in [-0.1, -0.05) is 33.6 Å². The maximum absolute atomic E-state index is 12.1. The third kappa shape index (κ3) is 4.09. The van der Waals surface area contributed by atoms with Gasteiger partial charge >= 0.3 is 0 Å². The lowest BCUT2D eigenvalue weighted by Gasteiger charge is -2.26. The summed E-state index contributed by atoms with van der Waals surface area (Å²) in [5.74, 6) is -0.0295. The number of rotatable bonds is 5. The fourth-order valence-corrected chi connectivity index (χ4v) is 4.46. The van der Waals surface area contributed by atoms with Crippen LogP contribution in [-0.2, 0) is 14.6 Å². The van der Waals surface area contributed by atoms with E-state index in [9.17, 15) is 13.2 Å². The first-order valence-electron chi connectivity index (χ1n) is 6.61. The average molecular weight is 260 g/mol. The van der Waals surface area contributed by atoms with Crippen molar-refractivity contribution in [3.8, 4) is 0 Å². The molecule has 0 aromatic carbocycles. The molecule has 100 valence electrons. The molecule has 0 N–H and O–H groups in total. The molecule has 0 heterocycles. The van der Waals surface area contributed by atoms with Gasteiger partial charge in [-0.2, -0.15) is 0 Å². The van der Waals surface area contributed by atoms with E-state index in [1.807, 2.05) is 6.92 Å². The van der Waals surface area contributed by atoms with E-state index in [0.29, 0.717) is 5.92 Å². The quantitative estimate of drug-likeness (QED) is 0.763. The average Bonchev–Trinajstić information content (AvgIpc) is 2.27. The molecule has 4 heteroatoms. The second-order valence-corrected chi connectivity index (χ2v) is 7.76. The molecule has 1 saturated carbocycles. The Labute approximate surface area is 105 Å². The van der Waals surface area contributed by atoms with Crippen LogP contribution in [0.2, 0.25) is 0 Å². The molecule has 0 aromatic rings. The zero-order valence-corrected chi connectivity index (χ0v) is 11.9. The van der Waals surface area contributed by atoms with Crippen LogP contribution in [0.4, 0.5) is 0 Å². The smallest absolute Gasteiger partial charge is 0.160 e. The molecule has 0 bridgehead atoms. The van der Waals surface area contributed by atoms with Gasteiger partial charge in [0.25, 0.3) is 0 Å². The number of carbonyl (C=O) groups excluding carboxylic acids is 1. The molecular formula is C13H24O3S. The van der Waals surface area contributed by atoms with Gasteiger partial charge in [0.15, 0.2) is 15.6 Å². The largest absolute Gasteiger partial charge is 0.298 e. The minimum atomic E-state index is -3.22. The van der Waals surface area contributed by atoms with Gasteiger partial charge in [0.05, 0.1) is 5.25 Å². The molecule has 1 aliphatic carbocycles. The molecule has 1 fully saturated rings. The summed E-state index contributed by atoms with van der Waals surface area (Å²) in [6.07, 6.45) is 4.28. The minimum absolute atomic E-state index is 0.120. The summed E-state index contributed by atoms with van der Waals surface area (Å²) in [6, 6.07) is 0. The van der Waals surface area contributed by atoms with E-state index in [0.717, 1.165) is 32.1 Å². The SMILES string of the molecule is CCC(C)C(=O)CS(=O)(=O)C1CCCC(C)C1. The highest BCUT2D eigenvalue weighted by molar-refractivity contribution is 7.92. The topological polar surface area (TPSA) is 51.2 Å². The maximum Gasteiger partial charge on any atom is 0.160 e. The summed E-state index contributed by atoms with van der Waals surface area (Å²) in [7, 11) is -3.22. The Morgan fingerprint density at radius 3 is 2.53 bits per heavy atom. The Hall–Kier alpha value is -0.380. The number of ketones is 1. The fraction of sp³-hybridized carbons (Fsp3) is 0.923. The molecule has 0 radical (unpaired) electrons. The standard InChI is InChI=1S/C13H24O3S/c1-4-11(3)13(14)9-17(15,16)12-7-5-6-10(2)8-12/h10-12H,4-9H2,1-3H3. The van der Waals surface area contributed by atoms with Gasteiger partial charge in [0.1, 0.15) is 5.75 Å². The Kier molecular flexibility index (Phi) is 5.17. The lowest BCUT2D eigenvalue weighted by Crippen LogP contribution is -2.33. The van der Waals surface area contributed by atoms with E-state index < -0.39 is 9.84 Å². The van der Waals surface area contributed by atoms with E-state index in [4.69, 9.17) is 0 Å². The van der Waals surface area contributed by atoms with Gasteiger partial charge in [-0.25, -0.2) is 8.42 Å². The highest BCUT2D eigenvalue weighted by atomic mass is 32.2. The van der Waals surface area contributed by atoms with Crippen molar-refractivity contribution in [2.75, 3.05) is 5.75 Å². The van der Waals surface area contributed by atoms with Crippen molar-refractivity contribution in [1.82, 2.24) is 0 Å². The molecule has 3 unspecified atom stereocenters. The lowest BCUT2D eigenvalue weighted by atomic mass is 9.91. The van der Waals surface area contributed by atoms with Crippen molar-refractivity contribution in [2.45, 2.75) is 58.1 Å². The lowest BCUT2D eigenvalue weighted by molar-refractivity contribution is -0.119. The van der Waals surface area contributed by atoms with Crippen LogP contribution >= 0.6 is 0 Å². The Balaban J connectivity index is 2.65. The number of Topliss-reactive ketones (excluding diaryl/α,β-unsaturated/α-hetero) is 1. The molecule has 3 atom stereocenters. The fourth-order valence-electron chi connectivity index (χ4n) is 2.39. The second kappa shape index (κ2) is 5.98. The number of hydrogen-bond acceptors (Lipinski definition) is 3. The van der Waals surface area contributed by atoms with Gasteiger partial charge in [-0.3, -0.25) is 4.79 Å². The van der Waals surface area contributed by atoms with E-state index in [1.54, 1.807) is 6.92 Å². The Morgan fingerprint density at radius 2 is 2.00 bits per heavy atom. The molecule has 0 spiro atoms. The van der Waals surface area contributed by atoms with E-state index in [1.165, 1.54) is 0 Å². The van der Waals surface area contributed by atoms with Crippen LogP contribution in [0.1, 0.15) is 52.9 Å². The van der Waals surface area contributed by atoms with Crippen molar-refractivity contribution in [3.05, 3.63) is 0 Å². The summed E-state index contributed by atoms with van der Waals surface area (Å²) in [5.41, 5.74) is 0. The summed E-state index contributed by atoms with van der Waals surface area (Å²) >= 11 is 0. The Bertz CT molecular complexity index is 359. The van der Waals surface area contributed by atoms with Crippen LogP contribution in [0.3, 0.4) is 0 Å². The third-order valence-electron chi connectivity index (χ3n) is 3.90. The summed E-state index contributed by atoms with van der Waals surface area (Å²) in [6.45, 7) is 5.82. The van der Waals surface area contributed by atoms with Crippen molar-refractivity contribution in [2.24, 2.45) is 11.8 Å². The number of carbonyl (C=O) groups is 1. The zero-order valence-electron chi connectivity index (χ0n) is 11.1. The van der Waals surface area contributed by atoms with Gasteiger partial charge in [0.2, 0.25) is 0 Å². The first kappa shape index (κ1) is 14.7. The van der Waals surface area contributed by atoms with Crippen LogP contribution in [0, 0.1) is 11.8 Å². The summed E-state index contributed by atoms with van der Waals surface area (Å²) in [4.78, 5) is 11.7. The number of hydrogen-bond donors (Lipinski definition) is 0. The zero-order chi connectivity index (χ0) is 13.1. The molecule has 17 heavy (non-hydrogen) atoms. The molecule has 1 rings (SSSR count). The molecular weight excluding hydrogens is 236 g/mol. The molecule has 0 aromatic heterocycles. The molecule has 0 aliphatic heterocycles. The first-order chi connectivity index (χ1) is 7.86. The molecule has 3 nitrogen and oxygen atoms in total. The van der Waals surface area contributed by atoms with Crippen LogP contribution in [-0.4, -0.2) is 25.2 Å². The summed E-state index contributed by atoms with van der Waals surface area (Å²) in [5, 5.41) is -0.278. The monoisotopic (exact) mass is 260 g/mol. The van der Waals surface area contributed by atoms with Crippen LogP contribution in [0.5, 0.6) is 0 Å². The van der Waals surface area contributed by atoms with Crippen molar-refractivity contribution in [3.63, 3.8) is 0 Å². The van der Waals surface area contributed by atoms with Gasteiger partial charge in [-0.05, 0) is 25.2 Å². The number of sulfone groups is 1. The normalized spacial score (nSPS) is 27.7. The van der Waals surface area contributed by atoms with E-state index >= 15 is 0 Å². The van der Waals surface area contributed by atoms with E-state index in [-0.39, 0.29) is 22.7 Å². The van der Waals surface area contributed by atoms with Gasteiger partial charge < -0.3 is 0 Å². The van der Waals surface area contributed by atoms with E-state index in [2.05, 4.69) is 6.92 Å². The molecule has 1 aliphatic rings. The molecule has 0 amide bonds. The molecule has 0 saturated heterocycles. The van der Waals surface area contributed by atoms with Crippen LogP contribution < -0.4 is 0 Å². The van der Waals surface area contributed by atoms with Crippen LogP contribution in [0.25, 0.3) is 0 Å². The second-order valence-electron chi connectivity index (χ2n) is 5.48. The summed E-state index contributed by atoms with van der Waals surface area (Å²) < 4.78 is 24.3.